The van der Waals surface area contributed by atoms with Gasteiger partial charge in [-0.3, -0.25) is 9.59 Å². The van der Waals surface area contributed by atoms with Crippen LogP contribution < -0.4 is 4.74 Å². The molecule has 2 rings (SSSR count). The van der Waals surface area contributed by atoms with E-state index in [0.29, 0.717) is 12.0 Å². The molecule has 0 aliphatic heterocycles. The Hall–Kier alpha value is -2.42. The van der Waals surface area contributed by atoms with Crippen LogP contribution >= 0.6 is 0 Å². The van der Waals surface area contributed by atoms with E-state index in [0.717, 1.165) is 42.7 Å². The summed E-state index contributed by atoms with van der Waals surface area (Å²) in [5.74, 6) is 0.776. The maximum absolute atomic E-state index is 12.1. The fourth-order valence-corrected chi connectivity index (χ4v) is 2.57. The van der Waals surface area contributed by atoms with Gasteiger partial charge in [0, 0.05) is 12.0 Å². The van der Waals surface area contributed by atoms with Gasteiger partial charge in [0.2, 0.25) is 0 Å². The van der Waals surface area contributed by atoms with Gasteiger partial charge in [-0.1, -0.05) is 56.7 Å². The molecule has 0 aromatic heterocycles. The number of ether oxygens (including phenoxy) is 1. The van der Waals surface area contributed by atoms with Crippen LogP contribution in [0.15, 0.2) is 48.5 Å². The highest BCUT2D eigenvalue weighted by atomic mass is 16.5. The van der Waals surface area contributed by atoms with Crippen molar-refractivity contribution in [3.05, 3.63) is 54.1 Å². The molecule has 0 N–H and O–H groups in total. The Labute approximate surface area is 150 Å². The molecular weight excluding hydrogens is 312 g/mol. The second-order valence-corrected chi connectivity index (χ2v) is 6.19. The Morgan fingerprint density at radius 2 is 1.44 bits per heavy atom. The summed E-state index contributed by atoms with van der Waals surface area (Å²) in [7, 11) is 0. The quantitative estimate of drug-likeness (QED) is 0.327. The Morgan fingerprint density at radius 3 is 2.00 bits per heavy atom. The van der Waals surface area contributed by atoms with Gasteiger partial charge in [-0.05, 0) is 36.1 Å². The number of hydrogen-bond donors (Lipinski definition) is 0. The van der Waals surface area contributed by atoms with Crippen molar-refractivity contribution in [1.82, 2.24) is 0 Å². The minimum absolute atomic E-state index is 0.00299. The summed E-state index contributed by atoms with van der Waals surface area (Å²) in [6.07, 6.45) is 3.42. The summed E-state index contributed by atoms with van der Waals surface area (Å²) in [5.41, 5.74) is 2.70. The molecular formula is C22H26O3. The largest absolute Gasteiger partial charge is 0.494 e. The lowest BCUT2D eigenvalue weighted by molar-refractivity contribution is -0.118. The number of Topliss-reactive ketones (excluding diaryl/α,β-unsaturated/α-hetero) is 2. The number of unbranched alkanes of at least 4 members (excludes halogenated alkanes) is 1. The molecule has 132 valence electrons. The lowest BCUT2D eigenvalue weighted by atomic mass is 10.00. The Kier molecular flexibility index (Phi) is 7.39. The molecule has 0 fully saturated rings. The summed E-state index contributed by atoms with van der Waals surface area (Å²) in [5, 5.41) is 0. The highest BCUT2D eigenvalue weighted by Gasteiger charge is 2.11. The van der Waals surface area contributed by atoms with E-state index in [9.17, 15) is 9.59 Å². The summed E-state index contributed by atoms with van der Waals surface area (Å²) in [6.45, 7) is 4.82. The van der Waals surface area contributed by atoms with E-state index in [-0.39, 0.29) is 18.0 Å². The summed E-state index contributed by atoms with van der Waals surface area (Å²) in [6, 6.07) is 15.4. The van der Waals surface area contributed by atoms with Crippen LogP contribution in [-0.2, 0) is 4.79 Å². The van der Waals surface area contributed by atoms with Crippen molar-refractivity contribution in [2.75, 3.05) is 6.61 Å². The summed E-state index contributed by atoms with van der Waals surface area (Å²) < 4.78 is 5.67. The van der Waals surface area contributed by atoms with E-state index in [1.54, 1.807) is 12.1 Å². The first-order valence-corrected chi connectivity index (χ1v) is 9.02. The van der Waals surface area contributed by atoms with Gasteiger partial charge < -0.3 is 4.74 Å². The van der Waals surface area contributed by atoms with Crippen LogP contribution in [0.3, 0.4) is 0 Å². The van der Waals surface area contributed by atoms with Crippen LogP contribution in [0.5, 0.6) is 5.75 Å². The summed E-state index contributed by atoms with van der Waals surface area (Å²) in [4.78, 5) is 23.7. The average molecular weight is 338 g/mol. The van der Waals surface area contributed by atoms with Crippen LogP contribution in [0.1, 0.15) is 56.3 Å². The number of carbonyl (C=O) groups is 2. The number of rotatable bonds is 10. The first kappa shape index (κ1) is 18.9. The highest BCUT2D eigenvalue weighted by Crippen LogP contribution is 2.23. The second kappa shape index (κ2) is 9.77. The molecule has 0 saturated heterocycles. The minimum Gasteiger partial charge on any atom is -0.494 e. The predicted molar refractivity (Wildman–Crippen MR) is 101 cm³/mol. The fourth-order valence-electron chi connectivity index (χ4n) is 2.57. The SMILES string of the molecule is CCCCOc1ccc(-c2ccc(C(=O)CC(=O)CCC)cc2)cc1. The molecule has 2 aromatic carbocycles. The van der Waals surface area contributed by atoms with Gasteiger partial charge in [0.15, 0.2) is 5.78 Å². The topological polar surface area (TPSA) is 43.4 Å². The van der Waals surface area contributed by atoms with Gasteiger partial charge in [0.05, 0.1) is 13.0 Å². The van der Waals surface area contributed by atoms with E-state index in [1.807, 2.05) is 43.3 Å². The van der Waals surface area contributed by atoms with Gasteiger partial charge in [-0.15, -0.1) is 0 Å². The molecule has 0 radical (unpaired) electrons. The fraction of sp³-hybridized carbons (Fsp3) is 0.364. The molecule has 0 aliphatic rings. The van der Waals surface area contributed by atoms with Crippen molar-refractivity contribution < 1.29 is 14.3 Å². The molecule has 0 bridgehead atoms. The molecule has 0 unspecified atom stereocenters. The molecule has 0 atom stereocenters. The van der Waals surface area contributed by atoms with Crippen molar-refractivity contribution in [1.29, 1.82) is 0 Å². The smallest absolute Gasteiger partial charge is 0.170 e. The van der Waals surface area contributed by atoms with Gasteiger partial charge in [0.1, 0.15) is 11.5 Å². The average Bonchev–Trinajstić information content (AvgIpc) is 2.63. The Balaban J connectivity index is 1.99. The van der Waals surface area contributed by atoms with Crippen LogP contribution in [0, 0.1) is 0 Å². The van der Waals surface area contributed by atoms with Gasteiger partial charge in [-0.2, -0.15) is 0 Å². The van der Waals surface area contributed by atoms with Crippen molar-refractivity contribution >= 4 is 11.6 Å². The number of hydrogen-bond acceptors (Lipinski definition) is 3. The third kappa shape index (κ3) is 5.86. The number of ketones is 2. The summed E-state index contributed by atoms with van der Waals surface area (Å²) >= 11 is 0. The first-order valence-electron chi connectivity index (χ1n) is 9.02. The standard InChI is InChI=1S/C22H26O3/c1-3-5-15-25-21-13-11-18(12-14-21)17-7-9-19(10-8-17)22(24)16-20(23)6-4-2/h7-14H,3-6,15-16H2,1-2H3. The zero-order chi connectivity index (χ0) is 18.1. The predicted octanol–water partition coefficient (Wildman–Crippen LogP) is 5.47. The van der Waals surface area contributed by atoms with E-state index >= 15 is 0 Å². The van der Waals surface area contributed by atoms with Crippen molar-refractivity contribution in [3.63, 3.8) is 0 Å². The van der Waals surface area contributed by atoms with E-state index < -0.39 is 0 Å². The van der Waals surface area contributed by atoms with E-state index in [2.05, 4.69) is 6.92 Å². The Bertz CT molecular complexity index is 684. The molecule has 0 aliphatic carbocycles. The molecule has 0 spiro atoms. The molecule has 0 saturated carbocycles. The first-order chi connectivity index (χ1) is 12.1. The maximum Gasteiger partial charge on any atom is 0.170 e. The Morgan fingerprint density at radius 1 is 0.840 bits per heavy atom. The van der Waals surface area contributed by atoms with E-state index in [1.165, 1.54) is 0 Å². The van der Waals surface area contributed by atoms with Crippen molar-refractivity contribution in [3.8, 4) is 16.9 Å². The lowest BCUT2D eigenvalue weighted by Gasteiger charge is -2.07. The maximum atomic E-state index is 12.1. The van der Waals surface area contributed by atoms with Gasteiger partial charge in [0.25, 0.3) is 0 Å². The zero-order valence-electron chi connectivity index (χ0n) is 15.1. The van der Waals surface area contributed by atoms with Crippen LogP contribution in [0.4, 0.5) is 0 Å². The van der Waals surface area contributed by atoms with Gasteiger partial charge >= 0.3 is 0 Å². The lowest BCUT2D eigenvalue weighted by Crippen LogP contribution is -2.07. The monoisotopic (exact) mass is 338 g/mol. The molecule has 0 amide bonds. The highest BCUT2D eigenvalue weighted by molar-refractivity contribution is 6.08. The molecule has 0 heterocycles. The van der Waals surface area contributed by atoms with Crippen LogP contribution in [-0.4, -0.2) is 18.2 Å². The minimum atomic E-state index is -0.107. The molecule has 2 aromatic rings. The number of carbonyl (C=O) groups excluding carboxylic acids is 2. The molecule has 3 nitrogen and oxygen atoms in total. The van der Waals surface area contributed by atoms with Gasteiger partial charge in [-0.25, -0.2) is 0 Å². The normalized spacial score (nSPS) is 10.5. The molecule has 25 heavy (non-hydrogen) atoms. The van der Waals surface area contributed by atoms with Crippen molar-refractivity contribution in [2.45, 2.75) is 46.0 Å². The zero-order valence-corrected chi connectivity index (χ0v) is 15.1. The molecule has 3 heteroatoms. The van der Waals surface area contributed by atoms with Crippen molar-refractivity contribution in [2.24, 2.45) is 0 Å². The third-order valence-electron chi connectivity index (χ3n) is 4.05. The second-order valence-electron chi connectivity index (χ2n) is 6.19. The third-order valence-corrected chi connectivity index (χ3v) is 4.05. The van der Waals surface area contributed by atoms with E-state index in [4.69, 9.17) is 4.74 Å². The number of benzene rings is 2. The van der Waals surface area contributed by atoms with Crippen LogP contribution in [0.25, 0.3) is 11.1 Å². The van der Waals surface area contributed by atoms with Crippen LogP contribution in [0.2, 0.25) is 0 Å².